The van der Waals surface area contributed by atoms with Gasteiger partial charge in [0, 0.05) is 36.1 Å². The van der Waals surface area contributed by atoms with Gasteiger partial charge in [-0.3, -0.25) is 4.79 Å². The van der Waals surface area contributed by atoms with Gasteiger partial charge in [0.15, 0.2) is 15.5 Å². The average Bonchev–Trinajstić information content (AvgIpc) is 3.58. The molecule has 1 aromatic carbocycles. The van der Waals surface area contributed by atoms with Gasteiger partial charge in [0.1, 0.15) is 0 Å². The molecule has 8 nitrogen and oxygen atoms in total. The molecule has 2 aliphatic heterocycles. The molecule has 0 bridgehead atoms. The Bertz CT molecular complexity index is 1390. The molecule has 2 saturated heterocycles. The van der Waals surface area contributed by atoms with Gasteiger partial charge in [-0.25, -0.2) is 18.1 Å². The van der Waals surface area contributed by atoms with Crippen LogP contribution in [0.2, 0.25) is 0 Å². The third-order valence-electron chi connectivity index (χ3n) is 7.50. The number of aryl methyl sites for hydroxylation is 1. The average molecular weight is 494 g/mol. The number of carbonyl (C=O) groups is 1. The summed E-state index contributed by atoms with van der Waals surface area (Å²) in [6, 6.07) is 9.73. The van der Waals surface area contributed by atoms with Crippen molar-refractivity contribution in [3.05, 3.63) is 47.3 Å². The summed E-state index contributed by atoms with van der Waals surface area (Å²) in [6.07, 6.45) is 6.38. The number of amides is 1. The number of benzene rings is 1. The largest absolute Gasteiger partial charge is 0.372 e. The third-order valence-corrected chi connectivity index (χ3v) is 9.25. The van der Waals surface area contributed by atoms with Crippen LogP contribution in [0.4, 0.5) is 11.4 Å². The molecule has 4 heterocycles. The molecule has 0 unspecified atom stereocenters. The summed E-state index contributed by atoms with van der Waals surface area (Å²) in [5, 5.41) is 8.45. The molecule has 9 heteroatoms. The van der Waals surface area contributed by atoms with Crippen molar-refractivity contribution < 1.29 is 13.2 Å². The van der Waals surface area contributed by atoms with Crippen molar-refractivity contribution in [1.82, 2.24) is 14.8 Å². The molecule has 6 rings (SSSR count). The Balaban J connectivity index is 1.32. The standard InChI is InChI=1S/C26H31N5O3S/c1-17-24-22(26(32)27-19-7-9-20(10-8-19)30-12-3-2-4-13-30)15-23(18-5-6-18)28-25(24)31(29-17)21-11-14-35(33,34)16-21/h7-10,15,18,21H,2-6,11-14,16H2,1H3,(H,27,32)/t21-/m1/s1. The molecule has 35 heavy (non-hydrogen) atoms. The van der Waals surface area contributed by atoms with Crippen LogP contribution in [0.1, 0.15) is 72.2 Å². The van der Waals surface area contributed by atoms with E-state index in [-0.39, 0.29) is 23.5 Å². The van der Waals surface area contributed by atoms with E-state index < -0.39 is 9.84 Å². The molecule has 1 aliphatic carbocycles. The molecule has 2 aromatic heterocycles. The quantitative estimate of drug-likeness (QED) is 0.572. The maximum atomic E-state index is 13.5. The fraction of sp³-hybridized carbons (Fsp3) is 0.500. The van der Waals surface area contributed by atoms with Gasteiger partial charge in [-0.15, -0.1) is 0 Å². The van der Waals surface area contributed by atoms with Crippen molar-refractivity contribution in [2.24, 2.45) is 0 Å². The fourth-order valence-corrected chi connectivity index (χ4v) is 7.12. The normalized spacial score (nSPS) is 22.0. The summed E-state index contributed by atoms with van der Waals surface area (Å²) in [7, 11) is -3.07. The van der Waals surface area contributed by atoms with Crippen LogP contribution in [0.3, 0.4) is 0 Å². The molecule has 3 fully saturated rings. The van der Waals surface area contributed by atoms with E-state index >= 15 is 0 Å². The first-order valence-corrected chi connectivity index (χ1v) is 14.5. The molecule has 1 amide bonds. The number of fused-ring (bicyclic) bond motifs is 1. The van der Waals surface area contributed by atoms with Gasteiger partial charge in [-0.05, 0) is 75.8 Å². The van der Waals surface area contributed by atoms with E-state index in [9.17, 15) is 13.2 Å². The zero-order valence-corrected chi connectivity index (χ0v) is 20.9. The molecular weight excluding hydrogens is 462 g/mol. The lowest BCUT2D eigenvalue weighted by Gasteiger charge is -2.28. The monoisotopic (exact) mass is 493 g/mol. The van der Waals surface area contributed by atoms with Gasteiger partial charge in [-0.2, -0.15) is 5.10 Å². The van der Waals surface area contributed by atoms with Crippen molar-refractivity contribution >= 4 is 38.2 Å². The van der Waals surface area contributed by atoms with Crippen LogP contribution in [0.5, 0.6) is 0 Å². The van der Waals surface area contributed by atoms with E-state index in [4.69, 9.17) is 4.98 Å². The fourth-order valence-electron chi connectivity index (χ4n) is 5.43. The lowest BCUT2D eigenvalue weighted by atomic mass is 10.1. The third kappa shape index (κ3) is 4.42. The van der Waals surface area contributed by atoms with Gasteiger partial charge in [0.25, 0.3) is 5.91 Å². The summed E-state index contributed by atoms with van der Waals surface area (Å²) in [5.74, 6) is 0.405. The molecule has 0 spiro atoms. The maximum absolute atomic E-state index is 13.5. The van der Waals surface area contributed by atoms with Crippen LogP contribution in [0.15, 0.2) is 30.3 Å². The van der Waals surface area contributed by atoms with Crippen molar-refractivity contribution in [1.29, 1.82) is 0 Å². The van der Waals surface area contributed by atoms with Crippen LogP contribution in [0, 0.1) is 6.92 Å². The van der Waals surface area contributed by atoms with Crippen LogP contribution < -0.4 is 10.2 Å². The van der Waals surface area contributed by atoms with Gasteiger partial charge in [-0.1, -0.05) is 0 Å². The zero-order chi connectivity index (χ0) is 24.2. The molecule has 1 atom stereocenters. The van der Waals surface area contributed by atoms with Crippen molar-refractivity contribution in [3.8, 4) is 0 Å². The number of anilines is 2. The molecule has 184 valence electrons. The Morgan fingerprint density at radius 3 is 2.46 bits per heavy atom. The van der Waals surface area contributed by atoms with E-state index in [2.05, 4.69) is 27.4 Å². The van der Waals surface area contributed by atoms with Crippen LogP contribution >= 0.6 is 0 Å². The SMILES string of the molecule is Cc1nn([C@@H]2CCS(=O)(=O)C2)c2nc(C3CC3)cc(C(=O)Nc3ccc(N4CCCCC4)cc3)c12. The highest BCUT2D eigenvalue weighted by Gasteiger charge is 2.34. The number of piperidine rings is 1. The van der Waals surface area contributed by atoms with E-state index in [0.717, 1.165) is 37.3 Å². The summed E-state index contributed by atoms with van der Waals surface area (Å²) < 4.78 is 26.0. The van der Waals surface area contributed by atoms with E-state index in [1.54, 1.807) is 4.68 Å². The number of pyridine rings is 1. The second-order valence-corrected chi connectivity index (χ2v) is 12.4. The molecule has 0 radical (unpaired) electrons. The summed E-state index contributed by atoms with van der Waals surface area (Å²) in [6.45, 7) is 4.03. The van der Waals surface area contributed by atoms with Gasteiger partial charge in [0.05, 0.1) is 34.2 Å². The van der Waals surface area contributed by atoms with Gasteiger partial charge in [0.2, 0.25) is 0 Å². The number of carbonyl (C=O) groups excluding carboxylic acids is 1. The van der Waals surface area contributed by atoms with Gasteiger partial charge < -0.3 is 10.2 Å². The summed E-state index contributed by atoms with van der Waals surface area (Å²) in [5.41, 5.74) is 4.71. The first-order chi connectivity index (χ1) is 16.9. The number of sulfone groups is 1. The Morgan fingerprint density at radius 1 is 1.06 bits per heavy atom. The summed E-state index contributed by atoms with van der Waals surface area (Å²) in [4.78, 5) is 20.8. The highest BCUT2D eigenvalue weighted by molar-refractivity contribution is 7.91. The van der Waals surface area contributed by atoms with E-state index in [1.165, 1.54) is 24.9 Å². The van der Waals surface area contributed by atoms with E-state index in [0.29, 0.717) is 34.6 Å². The van der Waals surface area contributed by atoms with Crippen LogP contribution in [-0.2, 0) is 9.84 Å². The van der Waals surface area contributed by atoms with Crippen LogP contribution in [-0.4, -0.2) is 53.7 Å². The minimum absolute atomic E-state index is 0.0729. The lowest BCUT2D eigenvalue weighted by molar-refractivity contribution is 0.102. The molecule has 1 saturated carbocycles. The van der Waals surface area contributed by atoms with Crippen molar-refractivity contribution in [2.45, 2.75) is 57.4 Å². The Labute approximate surface area is 205 Å². The van der Waals surface area contributed by atoms with Gasteiger partial charge >= 0.3 is 0 Å². The second kappa shape index (κ2) is 8.62. The number of aromatic nitrogens is 3. The predicted molar refractivity (Wildman–Crippen MR) is 137 cm³/mol. The zero-order valence-electron chi connectivity index (χ0n) is 20.0. The maximum Gasteiger partial charge on any atom is 0.256 e. The number of nitrogens with one attached hydrogen (secondary N) is 1. The highest BCUT2D eigenvalue weighted by Crippen LogP contribution is 2.41. The lowest BCUT2D eigenvalue weighted by Crippen LogP contribution is -2.29. The highest BCUT2D eigenvalue weighted by atomic mass is 32.2. The topological polar surface area (TPSA) is 97.2 Å². The Kier molecular flexibility index (Phi) is 5.55. The van der Waals surface area contributed by atoms with E-state index in [1.807, 2.05) is 25.1 Å². The minimum atomic E-state index is -3.07. The van der Waals surface area contributed by atoms with Crippen molar-refractivity contribution in [2.75, 3.05) is 34.8 Å². The number of nitrogens with zero attached hydrogens (tertiary/aromatic N) is 4. The Morgan fingerprint density at radius 2 is 1.80 bits per heavy atom. The number of rotatable bonds is 5. The summed E-state index contributed by atoms with van der Waals surface area (Å²) >= 11 is 0. The predicted octanol–water partition coefficient (Wildman–Crippen LogP) is 4.22. The van der Waals surface area contributed by atoms with Crippen molar-refractivity contribution in [3.63, 3.8) is 0 Å². The number of hydrogen-bond acceptors (Lipinski definition) is 6. The molecule has 1 N–H and O–H groups in total. The second-order valence-electron chi connectivity index (χ2n) is 10.2. The number of hydrogen-bond donors (Lipinski definition) is 1. The smallest absolute Gasteiger partial charge is 0.256 e. The molecule has 3 aliphatic rings. The Hall–Kier alpha value is -2.94. The first-order valence-electron chi connectivity index (χ1n) is 12.6. The molecule has 3 aromatic rings. The molecular formula is C26H31N5O3S. The first kappa shape index (κ1) is 22.5. The van der Waals surface area contributed by atoms with Crippen LogP contribution in [0.25, 0.3) is 11.0 Å². The minimum Gasteiger partial charge on any atom is -0.372 e.